The summed E-state index contributed by atoms with van der Waals surface area (Å²) in [7, 11) is 3.30. The van der Waals surface area contributed by atoms with E-state index in [0.717, 1.165) is 52.8 Å². The van der Waals surface area contributed by atoms with E-state index < -0.39 is 0 Å². The predicted molar refractivity (Wildman–Crippen MR) is 137 cm³/mol. The summed E-state index contributed by atoms with van der Waals surface area (Å²) in [5, 5.41) is 3.02. The first-order valence-electron chi connectivity index (χ1n) is 12.0. The van der Waals surface area contributed by atoms with E-state index in [9.17, 15) is 4.79 Å². The van der Waals surface area contributed by atoms with Crippen LogP contribution in [-0.4, -0.2) is 70.8 Å². The van der Waals surface area contributed by atoms with Gasteiger partial charge in [-0.3, -0.25) is 9.47 Å². The molecule has 9 heteroatoms. The smallest absolute Gasteiger partial charge is 0.317 e. The first-order chi connectivity index (χ1) is 17.6. The van der Waals surface area contributed by atoms with Gasteiger partial charge in [-0.15, -0.1) is 0 Å². The van der Waals surface area contributed by atoms with Crippen molar-refractivity contribution < 1.29 is 14.3 Å². The van der Waals surface area contributed by atoms with Gasteiger partial charge in [0.1, 0.15) is 22.8 Å². The molecule has 0 atom stereocenters. The van der Waals surface area contributed by atoms with Crippen LogP contribution in [0.3, 0.4) is 0 Å². The van der Waals surface area contributed by atoms with Crippen LogP contribution < -0.4 is 14.8 Å². The minimum absolute atomic E-state index is 0.0489. The van der Waals surface area contributed by atoms with Gasteiger partial charge in [0.2, 0.25) is 0 Å². The van der Waals surface area contributed by atoms with E-state index in [1.807, 2.05) is 65.6 Å². The lowest BCUT2D eigenvalue weighted by Gasteiger charge is -2.34. The van der Waals surface area contributed by atoms with Gasteiger partial charge in [0.15, 0.2) is 5.65 Å². The first-order valence-corrected chi connectivity index (χ1v) is 12.0. The molecule has 2 amide bonds. The Labute approximate surface area is 210 Å². The van der Waals surface area contributed by atoms with E-state index in [2.05, 4.69) is 19.8 Å². The molecule has 4 aromatic rings. The van der Waals surface area contributed by atoms with E-state index in [0.29, 0.717) is 26.2 Å². The van der Waals surface area contributed by atoms with E-state index in [-0.39, 0.29) is 6.03 Å². The second-order valence-electron chi connectivity index (χ2n) is 8.68. The Morgan fingerprint density at radius 1 is 0.944 bits per heavy atom. The lowest BCUT2D eigenvalue weighted by atomic mass is 10.2. The summed E-state index contributed by atoms with van der Waals surface area (Å²) in [5.41, 5.74) is 3.68. The van der Waals surface area contributed by atoms with E-state index >= 15 is 0 Å². The molecule has 36 heavy (non-hydrogen) atoms. The number of carbonyl (C=O) groups excluding carboxylic acids is 1. The topological polar surface area (TPSA) is 84.8 Å². The lowest BCUT2D eigenvalue weighted by Crippen LogP contribution is -2.51. The van der Waals surface area contributed by atoms with Crippen molar-refractivity contribution in [3.8, 4) is 17.2 Å². The molecule has 5 rings (SSSR count). The van der Waals surface area contributed by atoms with E-state index in [1.165, 1.54) is 0 Å². The molecule has 2 aromatic carbocycles. The summed E-state index contributed by atoms with van der Waals surface area (Å²) in [5.74, 6) is 2.51. The molecule has 1 saturated heterocycles. The van der Waals surface area contributed by atoms with Crippen molar-refractivity contribution in [2.45, 2.75) is 13.1 Å². The van der Waals surface area contributed by atoms with Crippen molar-refractivity contribution >= 4 is 17.2 Å². The van der Waals surface area contributed by atoms with Crippen molar-refractivity contribution in [1.29, 1.82) is 0 Å². The molecule has 0 unspecified atom stereocenters. The van der Waals surface area contributed by atoms with Crippen molar-refractivity contribution in [1.82, 2.24) is 29.7 Å². The molecule has 1 aliphatic rings. The number of ether oxygens (including phenoxy) is 2. The number of amides is 2. The maximum atomic E-state index is 12.7. The van der Waals surface area contributed by atoms with Crippen LogP contribution in [0.5, 0.6) is 11.5 Å². The number of urea groups is 1. The number of rotatable bonds is 7. The number of carbonyl (C=O) groups is 1. The number of hydrogen-bond donors (Lipinski definition) is 1. The Kier molecular flexibility index (Phi) is 6.99. The molecular weight excluding hydrogens is 456 g/mol. The van der Waals surface area contributed by atoms with Crippen molar-refractivity contribution in [2.75, 3.05) is 40.4 Å². The number of imidazole rings is 1. The van der Waals surface area contributed by atoms with Crippen LogP contribution in [0.1, 0.15) is 11.4 Å². The van der Waals surface area contributed by atoms with Crippen molar-refractivity contribution in [3.05, 3.63) is 78.2 Å². The molecule has 3 heterocycles. The zero-order chi connectivity index (χ0) is 24.9. The van der Waals surface area contributed by atoms with Gasteiger partial charge in [-0.25, -0.2) is 14.8 Å². The Bertz CT molecular complexity index is 1330. The second kappa shape index (κ2) is 10.7. The van der Waals surface area contributed by atoms with Crippen LogP contribution in [0.4, 0.5) is 4.79 Å². The summed E-state index contributed by atoms with van der Waals surface area (Å²) in [6.45, 7) is 3.99. The number of methoxy groups -OCH3 is 2. The van der Waals surface area contributed by atoms with E-state index in [1.54, 1.807) is 20.4 Å². The number of pyridine rings is 1. The third-order valence-electron chi connectivity index (χ3n) is 6.42. The number of fused-ring (bicyclic) bond motifs is 1. The average Bonchev–Trinajstić information content (AvgIpc) is 3.30. The number of hydrogen-bond acceptors (Lipinski definition) is 6. The number of aromatic nitrogens is 3. The Hall–Kier alpha value is -4.11. The first kappa shape index (κ1) is 23.6. The highest BCUT2D eigenvalue weighted by Gasteiger charge is 2.23. The van der Waals surface area contributed by atoms with Crippen LogP contribution in [-0.2, 0) is 13.1 Å². The summed E-state index contributed by atoms with van der Waals surface area (Å²) < 4.78 is 12.7. The molecule has 0 aliphatic carbocycles. The number of nitrogens with zero attached hydrogens (tertiary/aromatic N) is 5. The van der Waals surface area contributed by atoms with Gasteiger partial charge in [-0.1, -0.05) is 12.1 Å². The molecule has 2 aromatic heterocycles. The molecule has 1 aliphatic heterocycles. The largest absolute Gasteiger partial charge is 0.497 e. The Balaban J connectivity index is 1.23. The maximum Gasteiger partial charge on any atom is 0.317 e. The highest BCUT2D eigenvalue weighted by molar-refractivity contribution is 5.74. The summed E-state index contributed by atoms with van der Waals surface area (Å²) in [6, 6.07) is 19.5. The normalized spacial score (nSPS) is 14.1. The van der Waals surface area contributed by atoms with Gasteiger partial charge in [0.05, 0.1) is 20.8 Å². The van der Waals surface area contributed by atoms with E-state index in [4.69, 9.17) is 14.5 Å². The van der Waals surface area contributed by atoms with Gasteiger partial charge in [-0.05, 0) is 54.1 Å². The fourth-order valence-electron chi connectivity index (χ4n) is 4.45. The summed E-state index contributed by atoms with van der Waals surface area (Å²) in [4.78, 5) is 26.4. The van der Waals surface area contributed by atoms with Gasteiger partial charge in [0, 0.05) is 44.6 Å². The van der Waals surface area contributed by atoms with Gasteiger partial charge >= 0.3 is 6.03 Å². The lowest BCUT2D eigenvalue weighted by molar-refractivity contribution is 0.133. The average molecular weight is 487 g/mol. The fraction of sp³-hybridized carbons (Fsp3) is 0.296. The Morgan fingerprint density at radius 3 is 2.47 bits per heavy atom. The monoisotopic (exact) mass is 486 g/mol. The highest BCUT2D eigenvalue weighted by Crippen LogP contribution is 2.23. The SMILES string of the molecule is COc1ccc(-n2c(CN3CCN(C(=O)NCc4cccc(OC)c4)CC3)nc3cccnc32)cc1. The van der Waals surface area contributed by atoms with Gasteiger partial charge in [0.25, 0.3) is 0 Å². The fourth-order valence-corrected chi connectivity index (χ4v) is 4.45. The van der Waals surface area contributed by atoms with Crippen LogP contribution >= 0.6 is 0 Å². The molecule has 0 bridgehead atoms. The number of benzene rings is 2. The number of piperazine rings is 1. The molecule has 186 valence electrons. The highest BCUT2D eigenvalue weighted by atomic mass is 16.5. The predicted octanol–water partition coefficient (Wildman–Crippen LogP) is 3.47. The van der Waals surface area contributed by atoms with Crippen LogP contribution in [0.15, 0.2) is 66.9 Å². The second-order valence-corrected chi connectivity index (χ2v) is 8.68. The minimum Gasteiger partial charge on any atom is -0.497 e. The van der Waals surface area contributed by atoms with Crippen LogP contribution in [0.25, 0.3) is 16.9 Å². The number of nitrogens with one attached hydrogen (secondary N) is 1. The van der Waals surface area contributed by atoms with Crippen LogP contribution in [0.2, 0.25) is 0 Å². The van der Waals surface area contributed by atoms with Crippen molar-refractivity contribution in [2.24, 2.45) is 0 Å². The Morgan fingerprint density at radius 2 is 1.72 bits per heavy atom. The molecular formula is C27H30N6O3. The van der Waals surface area contributed by atoms with Gasteiger partial charge in [-0.2, -0.15) is 0 Å². The standard InChI is InChI=1S/C27H30N6O3/c1-35-22-10-8-21(9-11-22)33-25(30-24-7-4-12-28-26(24)33)19-31-13-15-32(16-14-31)27(34)29-18-20-5-3-6-23(17-20)36-2/h3-12,17H,13-16,18-19H2,1-2H3,(H,29,34). The molecule has 0 radical (unpaired) electrons. The zero-order valence-electron chi connectivity index (χ0n) is 20.6. The molecule has 0 spiro atoms. The summed E-state index contributed by atoms with van der Waals surface area (Å²) in [6.07, 6.45) is 1.79. The van der Waals surface area contributed by atoms with Gasteiger partial charge < -0.3 is 19.7 Å². The quantitative estimate of drug-likeness (QED) is 0.431. The summed E-state index contributed by atoms with van der Waals surface area (Å²) >= 11 is 0. The molecule has 9 nitrogen and oxygen atoms in total. The van der Waals surface area contributed by atoms with Crippen molar-refractivity contribution in [3.63, 3.8) is 0 Å². The maximum absolute atomic E-state index is 12.7. The molecule has 0 saturated carbocycles. The molecule has 1 fully saturated rings. The third kappa shape index (κ3) is 5.11. The zero-order valence-corrected chi connectivity index (χ0v) is 20.6. The third-order valence-corrected chi connectivity index (χ3v) is 6.42. The molecule has 1 N–H and O–H groups in total. The van der Waals surface area contributed by atoms with Crippen LogP contribution in [0, 0.1) is 0 Å². The minimum atomic E-state index is -0.0489.